The number of nitrogens with zero attached hydrogens (tertiary/aromatic N) is 1. The molecule has 1 saturated heterocycles. The molecule has 0 aromatic heterocycles. The Morgan fingerprint density at radius 1 is 1.06 bits per heavy atom. The number of para-hydroxylation sites is 1. The summed E-state index contributed by atoms with van der Waals surface area (Å²) in [5.41, 5.74) is 1.80. The molecule has 0 unspecified atom stereocenters. The number of hydrogen-bond acceptors (Lipinski definition) is 6. The zero-order valence-corrected chi connectivity index (χ0v) is 19.1. The molecule has 2 aromatic carbocycles. The highest BCUT2D eigenvalue weighted by Gasteiger charge is 2.33. The number of aryl methyl sites for hydroxylation is 1. The molecular weight excluding hydrogens is 432 g/mol. The van der Waals surface area contributed by atoms with Gasteiger partial charge in [0.05, 0.1) is 17.9 Å². The summed E-state index contributed by atoms with van der Waals surface area (Å²) in [4.78, 5) is 24.6. The number of nitrogens with one attached hydrogen (secondary N) is 1. The maximum absolute atomic E-state index is 12.8. The maximum atomic E-state index is 12.8. The fourth-order valence-electron chi connectivity index (χ4n) is 3.54. The number of ether oxygens (including phenoxy) is 2. The Bertz CT molecular complexity index is 1040. The Morgan fingerprint density at radius 3 is 2.38 bits per heavy atom. The molecule has 0 atom stereocenters. The molecule has 8 nitrogen and oxygen atoms in total. The lowest BCUT2D eigenvalue weighted by molar-refractivity contribution is -0.153. The van der Waals surface area contributed by atoms with Crippen LogP contribution >= 0.6 is 0 Å². The molecule has 0 bridgehead atoms. The first-order chi connectivity index (χ1) is 15.3. The second kappa shape index (κ2) is 10.6. The predicted octanol–water partition coefficient (Wildman–Crippen LogP) is 2.26. The predicted molar refractivity (Wildman–Crippen MR) is 118 cm³/mol. The lowest BCUT2D eigenvalue weighted by atomic mass is 9.98. The summed E-state index contributed by atoms with van der Waals surface area (Å²) in [6.45, 7) is 2.24. The number of carbonyl (C=O) groups is 2. The van der Waals surface area contributed by atoms with Gasteiger partial charge in [-0.1, -0.05) is 35.9 Å². The van der Waals surface area contributed by atoms with Crippen LogP contribution in [0.5, 0.6) is 5.75 Å². The van der Waals surface area contributed by atoms with Crippen molar-refractivity contribution in [3.8, 4) is 5.75 Å². The second-order valence-electron chi connectivity index (χ2n) is 7.69. The van der Waals surface area contributed by atoms with Crippen LogP contribution in [0.2, 0.25) is 0 Å². The SMILES string of the molecule is COc1ccccc1CNC(=O)COC(=O)C1CCN(S(=O)(=O)c2ccc(C)cc2)CC1. The molecular formula is C23H28N2O6S. The Balaban J connectivity index is 1.44. The van der Waals surface area contributed by atoms with E-state index in [9.17, 15) is 18.0 Å². The summed E-state index contributed by atoms with van der Waals surface area (Å²) in [6.07, 6.45) is 0.708. The number of sulfonamides is 1. The summed E-state index contributed by atoms with van der Waals surface area (Å²) >= 11 is 0. The molecule has 1 aliphatic heterocycles. The highest BCUT2D eigenvalue weighted by atomic mass is 32.2. The number of amides is 1. The first-order valence-corrected chi connectivity index (χ1v) is 11.9. The van der Waals surface area contributed by atoms with Gasteiger partial charge in [-0.05, 0) is 38.0 Å². The average molecular weight is 461 g/mol. The molecule has 1 N–H and O–H groups in total. The standard InChI is InChI=1S/C23H28N2O6S/c1-17-7-9-20(10-8-17)32(28,29)25-13-11-18(12-14-25)23(27)31-16-22(26)24-15-19-5-3-4-6-21(19)30-2/h3-10,18H,11-16H2,1-2H3,(H,24,26). The molecule has 2 aromatic rings. The van der Waals surface area contributed by atoms with Crippen molar-refractivity contribution < 1.29 is 27.5 Å². The molecule has 3 rings (SSSR count). The van der Waals surface area contributed by atoms with Gasteiger partial charge in [0.15, 0.2) is 6.61 Å². The van der Waals surface area contributed by atoms with Crippen LogP contribution in [0.25, 0.3) is 0 Å². The van der Waals surface area contributed by atoms with Crippen molar-refractivity contribution in [2.45, 2.75) is 31.2 Å². The average Bonchev–Trinajstić information content (AvgIpc) is 2.81. The molecule has 1 aliphatic rings. The van der Waals surface area contributed by atoms with Crippen LogP contribution in [0.15, 0.2) is 53.4 Å². The Morgan fingerprint density at radius 2 is 1.72 bits per heavy atom. The molecule has 0 radical (unpaired) electrons. The molecule has 32 heavy (non-hydrogen) atoms. The summed E-state index contributed by atoms with van der Waals surface area (Å²) < 4.78 is 37.3. The van der Waals surface area contributed by atoms with Crippen LogP contribution in [0, 0.1) is 12.8 Å². The van der Waals surface area contributed by atoms with E-state index in [1.54, 1.807) is 37.4 Å². The van der Waals surface area contributed by atoms with Crippen LogP contribution in [0.3, 0.4) is 0 Å². The molecule has 0 aliphatic carbocycles. The van der Waals surface area contributed by atoms with E-state index in [-0.39, 0.29) is 31.1 Å². The summed E-state index contributed by atoms with van der Waals surface area (Å²) in [5, 5.41) is 2.70. The molecule has 0 spiro atoms. The van der Waals surface area contributed by atoms with E-state index >= 15 is 0 Å². The van der Waals surface area contributed by atoms with E-state index in [0.717, 1.165) is 11.1 Å². The van der Waals surface area contributed by atoms with Crippen LogP contribution in [0.1, 0.15) is 24.0 Å². The fraction of sp³-hybridized carbons (Fsp3) is 0.391. The van der Waals surface area contributed by atoms with E-state index < -0.39 is 27.8 Å². The van der Waals surface area contributed by atoms with Gasteiger partial charge in [-0.3, -0.25) is 9.59 Å². The molecule has 9 heteroatoms. The van der Waals surface area contributed by atoms with Gasteiger partial charge < -0.3 is 14.8 Å². The molecule has 1 fully saturated rings. The van der Waals surface area contributed by atoms with Crippen LogP contribution < -0.4 is 10.1 Å². The number of methoxy groups -OCH3 is 1. The minimum Gasteiger partial charge on any atom is -0.496 e. The van der Waals surface area contributed by atoms with Crippen molar-refractivity contribution in [3.63, 3.8) is 0 Å². The zero-order chi connectivity index (χ0) is 23.1. The van der Waals surface area contributed by atoms with Crippen molar-refractivity contribution in [2.75, 3.05) is 26.8 Å². The quantitative estimate of drug-likeness (QED) is 0.607. The van der Waals surface area contributed by atoms with Gasteiger partial charge in [-0.2, -0.15) is 4.31 Å². The normalized spacial score (nSPS) is 15.2. The molecule has 0 saturated carbocycles. The van der Waals surface area contributed by atoms with E-state index in [1.807, 2.05) is 25.1 Å². The van der Waals surface area contributed by atoms with Crippen molar-refractivity contribution in [1.82, 2.24) is 9.62 Å². The molecule has 172 valence electrons. The third-order valence-corrected chi connectivity index (χ3v) is 7.37. The van der Waals surface area contributed by atoms with Gasteiger partial charge in [0, 0.05) is 25.2 Å². The van der Waals surface area contributed by atoms with Crippen molar-refractivity contribution in [1.29, 1.82) is 0 Å². The van der Waals surface area contributed by atoms with E-state index in [1.165, 1.54) is 4.31 Å². The number of hydrogen-bond donors (Lipinski definition) is 1. The second-order valence-corrected chi connectivity index (χ2v) is 9.63. The topological polar surface area (TPSA) is 102 Å². The van der Waals surface area contributed by atoms with Crippen molar-refractivity contribution in [3.05, 3.63) is 59.7 Å². The fourth-order valence-corrected chi connectivity index (χ4v) is 5.01. The van der Waals surface area contributed by atoms with Crippen molar-refractivity contribution in [2.24, 2.45) is 5.92 Å². The minimum absolute atomic E-state index is 0.232. The zero-order valence-electron chi connectivity index (χ0n) is 18.2. The van der Waals surface area contributed by atoms with Crippen molar-refractivity contribution >= 4 is 21.9 Å². The van der Waals surface area contributed by atoms with Gasteiger partial charge in [0.2, 0.25) is 10.0 Å². The Kier molecular flexibility index (Phi) is 7.87. The smallest absolute Gasteiger partial charge is 0.309 e. The summed E-state index contributed by atoms with van der Waals surface area (Å²) in [7, 11) is -2.03. The van der Waals surface area contributed by atoms with Gasteiger partial charge in [0.25, 0.3) is 5.91 Å². The molecule has 1 heterocycles. The monoisotopic (exact) mass is 460 g/mol. The third-order valence-electron chi connectivity index (χ3n) is 5.46. The minimum atomic E-state index is -3.59. The van der Waals surface area contributed by atoms with Crippen LogP contribution in [-0.2, 0) is 30.9 Å². The summed E-state index contributed by atoms with van der Waals surface area (Å²) in [5.74, 6) is -0.660. The van der Waals surface area contributed by atoms with Crippen LogP contribution in [0.4, 0.5) is 0 Å². The first-order valence-electron chi connectivity index (χ1n) is 10.4. The Labute approximate surface area is 188 Å². The number of benzene rings is 2. The first kappa shape index (κ1) is 23.7. The van der Waals surface area contributed by atoms with Gasteiger partial charge >= 0.3 is 5.97 Å². The van der Waals surface area contributed by atoms with Gasteiger partial charge in [0.1, 0.15) is 5.75 Å². The Hall–Kier alpha value is -2.91. The third kappa shape index (κ3) is 5.86. The number of carbonyl (C=O) groups excluding carboxylic acids is 2. The highest BCUT2D eigenvalue weighted by Crippen LogP contribution is 2.25. The number of esters is 1. The lowest BCUT2D eigenvalue weighted by Crippen LogP contribution is -2.41. The van der Waals surface area contributed by atoms with E-state index in [0.29, 0.717) is 18.6 Å². The number of rotatable bonds is 8. The summed E-state index contributed by atoms with van der Waals surface area (Å²) in [6, 6.07) is 14.0. The van der Waals surface area contributed by atoms with Gasteiger partial charge in [-0.15, -0.1) is 0 Å². The largest absolute Gasteiger partial charge is 0.496 e. The van der Waals surface area contributed by atoms with E-state index in [4.69, 9.17) is 9.47 Å². The van der Waals surface area contributed by atoms with E-state index in [2.05, 4.69) is 5.32 Å². The van der Waals surface area contributed by atoms with Crippen LogP contribution in [-0.4, -0.2) is 51.4 Å². The highest BCUT2D eigenvalue weighted by molar-refractivity contribution is 7.89. The lowest BCUT2D eigenvalue weighted by Gasteiger charge is -2.30. The number of piperidine rings is 1. The molecule has 1 amide bonds. The van der Waals surface area contributed by atoms with Gasteiger partial charge in [-0.25, -0.2) is 8.42 Å². The maximum Gasteiger partial charge on any atom is 0.309 e.